The average Bonchev–Trinajstić information content (AvgIpc) is 2.83. The lowest BCUT2D eigenvalue weighted by Crippen LogP contribution is -2.41. The number of halogens is 1. The normalized spacial score (nSPS) is 14.3. The zero-order chi connectivity index (χ0) is 23.4. The molecule has 7 nitrogen and oxygen atoms in total. The Bertz CT molecular complexity index is 1210. The first-order valence-electron chi connectivity index (χ1n) is 10.9. The Morgan fingerprint density at radius 1 is 1.12 bits per heavy atom. The molecule has 0 bridgehead atoms. The smallest absolute Gasteiger partial charge is 0.410 e. The lowest BCUT2D eigenvalue weighted by Gasteiger charge is -2.30. The number of hydrogen-bond acceptors (Lipinski definition) is 6. The van der Waals surface area contributed by atoms with Gasteiger partial charge in [-0.25, -0.2) is 9.59 Å². The van der Waals surface area contributed by atoms with Crippen molar-refractivity contribution in [2.24, 2.45) is 5.92 Å². The average molecular weight is 470 g/mol. The van der Waals surface area contributed by atoms with Crippen LogP contribution >= 0.6 is 11.6 Å². The van der Waals surface area contributed by atoms with Gasteiger partial charge in [0.1, 0.15) is 12.2 Å². The van der Waals surface area contributed by atoms with Crippen LogP contribution in [0.25, 0.3) is 11.0 Å². The van der Waals surface area contributed by atoms with Gasteiger partial charge in [0, 0.05) is 30.6 Å². The molecule has 0 radical (unpaired) electrons. The van der Waals surface area contributed by atoms with E-state index in [1.165, 1.54) is 12.1 Å². The van der Waals surface area contributed by atoms with Gasteiger partial charge in [0.15, 0.2) is 5.75 Å². The minimum absolute atomic E-state index is 0.148. The molecule has 1 saturated heterocycles. The van der Waals surface area contributed by atoms with E-state index in [1.807, 2.05) is 37.3 Å². The van der Waals surface area contributed by atoms with Gasteiger partial charge in [-0.3, -0.25) is 4.79 Å². The van der Waals surface area contributed by atoms with E-state index in [-0.39, 0.29) is 23.3 Å². The zero-order valence-electron chi connectivity index (χ0n) is 18.2. The number of piperidine rings is 1. The summed E-state index contributed by atoms with van der Waals surface area (Å²) < 4.78 is 16.2. The van der Waals surface area contributed by atoms with Crippen molar-refractivity contribution < 1.29 is 23.5 Å². The molecule has 1 amide bonds. The van der Waals surface area contributed by atoms with Crippen LogP contribution in [0.1, 0.15) is 30.9 Å². The second-order valence-corrected chi connectivity index (χ2v) is 8.35. The quantitative estimate of drug-likeness (QED) is 0.298. The predicted molar refractivity (Wildman–Crippen MR) is 123 cm³/mol. The van der Waals surface area contributed by atoms with Gasteiger partial charge in [0.2, 0.25) is 0 Å². The first kappa shape index (κ1) is 22.9. The minimum Gasteiger partial charge on any atom is -0.445 e. The Morgan fingerprint density at radius 3 is 2.55 bits per heavy atom. The molecule has 1 fully saturated rings. The Labute approximate surface area is 195 Å². The maximum absolute atomic E-state index is 12.7. The topological polar surface area (TPSA) is 86.0 Å². The Morgan fingerprint density at radius 2 is 1.85 bits per heavy atom. The van der Waals surface area contributed by atoms with E-state index >= 15 is 0 Å². The van der Waals surface area contributed by atoms with E-state index in [2.05, 4.69) is 0 Å². The second kappa shape index (κ2) is 10.1. The highest BCUT2D eigenvalue weighted by Gasteiger charge is 2.30. The molecule has 0 spiro atoms. The lowest BCUT2D eigenvalue weighted by molar-refractivity contribution is -0.140. The molecule has 1 aliphatic rings. The molecule has 4 rings (SSSR count). The number of esters is 1. The molecule has 0 unspecified atom stereocenters. The van der Waals surface area contributed by atoms with E-state index in [4.69, 9.17) is 25.5 Å². The number of ether oxygens (including phenoxy) is 2. The summed E-state index contributed by atoms with van der Waals surface area (Å²) in [5.74, 6) is -0.651. The second-order valence-electron chi connectivity index (χ2n) is 7.95. The fourth-order valence-corrected chi connectivity index (χ4v) is 4.10. The van der Waals surface area contributed by atoms with E-state index in [0.717, 1.165) is 11.1 Å². The molecular formula is C25H24ClNO6. The van der Waals surface area contributed by atoms with Crippen molar-refractivity contribution in [2.45, 2.75) is 32.8 Å². The third kappa shape index (κ3) is 5.37. The first-order chi connectivity index (χ1) is 15.9. The van der Waals surface area contributed by atoms with Gasteiger partial charge in [-0.2, -0.15) is 0 Å². The number of carbonyl (C=O) groups is 2. The summed E-state index contributed by atoms with van der Waals surface area (Å²) in [6.07, 6.45) is 1.16. The highest BCUT2D eigenvalue weighted by Crippen LogP contribution is 2.32. The van der Waals surface area contributed by atoms with E-state index in [0.29, 0.717) is 43.3 Å². The van der Waals surface area contributed by atoms with Gasteiger partial charge in [0.05, 0.1) is 10.9 Å². The molecule has 1 aliphatic heterocycles. The number of fused-ring (bicyclic) bond motifs is 1. The fourth-order valence-electron chi connectivity index (χ4n) is 3.90. The molecule has 0 saturated carbocycles. The largest absolute Gasteiger partial charge is 0.445 e. The van der Waals surface area contributed by atoms with Crippen LogP contribution < -0.4 is 10.4 Å². The van der Waals surface area contributed by atoms with Crippen molar-refractivity contribution in [3.8, 4) is 5.75 Å². The van der Waals surface area contributed by atoms with Crippen LogP contribution in [-0.2, 0) is 22.6 Å². The van der Waals surface area contributed by atoms with Crippen molar-refractivity contribution in [3.05, 3.63) is 75.1 Å². The van der Waals surface area contributed by atoms with Crippen LogP contribution in [-0.4, -0.2) is 30.1 Å². The minimum atomic E-state index is -0.467. The molecule has 2 heterocycles. The number of hydrogen-bond donors (Lipinski definition) is 0. The number of benzene rings is 2. The Kier molecular flexibility index (Phi) is 6.99. The monoisotopic (exact) mass is 469 g/mol. The summed E-state index contributed by atoms with van der Waals surface area (Å²) in [4.78, 5) is 38.4. The van der Waals surface area contributed by atoms with Crippen molar-refractivity contribution in [1.29, 1.82) is 0 Å². The van der Waals surface area contributed by atoms with Crippen LogP contribution in [0.2, 0.25) is 5.02 Å². The van der Waals surface area contributed by atoms with E-state index in [1.54, 1.807) is 11.0 Å². The Balaban J connectivity index is 1.35. The molecule has 172 valence electrons. The predicted octanol–water partition coefficient (Wildman–Crippen LogP) is 4.96. The third-order valence-electron chi connectivity index (χ3n) is 5.77. The van der Waals surface area contributed by atoms with E-state index in [9.17, 15) is 14.4 Å². The molecule has 8 heteroatoms. The summed E-state index contributed by atoms with van der Waals surface area (Å²) in [6, 6.07) is 14.0. The summed E-state index contributed by atoms with van der Waals surface area (Å²) >= 11 is 6.34. The van der Waals surface area contributed by atoms with Gasteiger partial charge in [-0.05, 0) is 36.5 Å². The van der Waals surface area contributed by atoms with Crippen molar-refractivity contribution >= 4 is 34.6 Å². The number of rotatable bonds is 5. The molecule has 3 aromatic rings. The summed E-state index contributed by atoms with van der Waals surface area (Å²) in [5, 5.41) is 0.977. The Hall–Kier alpha value is -3.32. The van der Waals surface area contributed by atoms with Gasteiger partial charge in [-0.1, -0.05) is 48.9 Å². The molecule has 0 aliphatic carbocycles. The number of carbonyl (C=O) groups excluding carboxylic acids is 2. The summed E-state index contributed by atoms with van der Waals surface area (Å²) in [6.45, 7) is 2.93. The molecule has 33 heavy (non-hydrogen) atoms. The lowest BCUT2D eigenvalue weighted by atomic mass is 9.97. The molecular weight excluding hydrogens is 446 g/mol. The molecule has 1 aromatic heterocycles. The van der Waals surface area contributed by atoms with Crippen LogP contribution in [0, 0.1) is 5.92 Å². The van der Waals surface area contributed by atoms with Gasteiger partial charge < -0.3 is 18.8 Å². The summed E-state index contributed by atoms with van der Waals surface area (Å²) in [7, 11) is 0. The fraction of sp³-hybridized carbons (Fsp3) is 0.320. The zero-order valence-corrected chi connectivity index (χ0v) is 19.0. The van der Waals surface area contributed by atoms with Gasteiger partial charge in [0.25, 0.3) is 0 Å². The van der Waals surface area contributed by atoms with Crippen LogP contribution in [0.5, 0.6) is 5.75 Å². The first-order valence-corrected chi connectivity index (χ1v) is 11.3. The van der Waals surface area contributed by atoms with Crippen LogP contribution in [0.4, 0.5) is 4.79 Å². The van der Waals surface area contributed by atoms with Gasteiger partial charge in [-0.15, -0.1) is 0 Å². The van der Waals surface area contributed by atoms with Gasteiger partial charge >= 0.3 is 17.7 Å². The SMILES string of the molecule is CCc1cc(=O)oc2cc(OC(=O)C3CCN(C(=O)OCc4ccccc4)CC3)c(Cl)cc12. The highest BCUT2D eigenvalue weighted by atomic mass is 35.5. The molecule has 0 atom stereocenters. The van der Waals surface area contributed by atoms with Crippen LogP contribution in [0.15, 0.2) is 57.7 Å². The number of amides is 1. The number of aryl methyl sites for hydroxylation is 1. The van der Waals surface area contributed by atoms with Crippen molar-refractivity contribution in [3.63, 3.8) is 0 Å². The van der Waals surface area contributed by atoms with E-state index < -0.39 is 17.7 Å². The molecule has 2 aromatic carbocycles. The maximum Gasteiger partial charge on any atom is 0.410 e. The summed E-state index contributed by atoms with van der Waals surface area (Å²) in [5.41, 5.74) is 1.58. The van der Waals surface area contributed by atoms with Crippen LogP contribution in [0.3, 0.4) is 0 Å². The maximum atomic E-state index is 12.7. The third-order valence-corrected chi connectivity index (χ3v) is 6.06. The molecule has 0 N–H and O–H groups in total. The standard InChI is InChI=1S/C25H24ClNO6/c1-2-17-12-23(28)32-21-14-22(20(26)13-19(17)21)33-24(29)18-8-10-27(11-9-18)25(30)31-15-16-6-4-3-5-7-16/h3-7,12-14,18H,2,8-11,15H2,1H3. The van der Waals surface area contributed by atoms with Crippen molar-refractivity contribution in [2.75, 3.05) is 13.1 Å². The number of nitrogens with zero attached hydrogens (tertiary/aromatic N) is 1. The van der Waals surface area contributed by atoms with Crippen molar-refractivity contribution in [1.82, 2.24) is 4.90 Å². The highest BCUT2D eigenvalue weighted by molar-refractivity contribution is 6.33. The number of likely N-dealkylation sites (tertiary alicyclic amines) is 1.